The van der Waals surface area contributed by atoms with Crippen molar-refractivity contribution in [2.24, 2.45) is 17.2 Å². The van der Waals surface area contributed by atoms with E-state index in [9.17, 15) is 4.79 Å². The zero-order valence-electron chi connectivity index (χ0n) is 7.31. The Morgan fingerprint density at radius 1 is 1.50 bits per heavy atom. The van der Waals surface area contributed by atoms with Gasteiger partial charge in [-0.1, -0.05) is 0 Å². The van der Waals surface area contributed by atoms with Crippen molar-refractivity contribution in [2.75, 3.05) is 0 Å². The Bertz CT molecular complexity index is 195. The normalized spacial score (nSPS) is 38.6. The van der Waals surface area contributed by atoms with Crippen LogP contribution < -0.4 is 11.3 Å². The molecule has 0 aromatic heterocycles. The summed E-state index contributed by atoms with van der Waals surface area (Å²) in [5.41, 5.74) is 2.57. The van der Waals surface area contributed by atoms with Crippen molar-refractivity contribution < 1.29 is 4.79 Å². The number of nitrogens with one attached hydrogen (secondary N) is 1. The van der Waals surface area contributed by atoms with Crippen LogP contribution in [0.4, 0.5) is 0 Å². The second kappa shape index (κ2) is 2.73. The number of nitrogens with two attached hydrogens (primary N) is 1. The monoisotopic (exact) mass is 168 g/mol. The van der Waals surface area contributed by atoms with E-state index < -0.39 is 0 Å². The second-order valence-corrected chi connectivity index (χ2v) is 4.39. The van der Waals surface area contributed by atoms with Gasteiger partial charge in [-0.15, -0.1) is 0 Å². The van der Waals surface area contributed by atoms with Crippen molar-refractivity contribution in [3.8, 4) is 0 Å². The van der Waals surface area contributed by atoms with E-state index in [1.807, 2.05) is 0 Å². The van der Waals surface area contributed by atoms with Crippen LogP contribution in [0.15, 0.2) is 0 Å². The third kappa shape index (κ3) is 1.22. The average molecular weight is 168 g/mol. The molecule has 68 valence electrons. The smallest absolute Gasteiger partial charge is 0.234 e. The third-order valence-corrected chi connectivity index (χ3v) is 3.58. The van der Waals surface area contributed by atoms with Gasteiger partial charge in [0, 0.05) is 6.42 Å². The highest BCUT2D eigenvalue weighted by Gasteiger charge is 2.45. The summed E-state index contributed by atoms with van der Waals surface area (Å²) in [4.78, 5) is 11.1. The maximum atomic E-state index is 11.1. The van der Waals surface area contributed by atoms with Crippen LogP contribution in [0.2, 0.25) is 0 Å². The Morgan fingerprint density at radius 2 is 2.17 bits per heavy atom. The van der Waals surface area contributed by atoms with E-state index in [2.05, 4.69) is 5.43 Å². The molecule has 3 heteroatoms. The molecule has 0 radical (unpaired) electrons. The predicted molar refractivity (Wildman–Crippen MR) is 46.0 cm³/mol. The number of amides is 1. The van der Waals surface area contributed by atoms with E-state index in [4.69, 9.17) is 5.84 Å². The topological polar surface area (TPSA) is 55.1 Å². The van der Waals surface area contributed by atoms with Crippen LogP contribution in [0.3, 0.4) is 0 Å². The fraction of sp³-hybridized carbons (Fsp3) is 0.889. The van der Waals surface area contributed by atoms with Gasteiger partial charge in [0.2, 0.25) is 5.91 Å². The molecule has 3 N–H and O–H groups in total. The molecule has 2 bridgehead atoms. The molecule has 2 saturated carbocycles. The van der Waals surface area contributed by atoms with Crippen LogP contribution >= 0.6 is 0 Å². The van der Waals surface area contributed by atoms with E-state index in [1.54, 1.807) is 0 Å². The van der Waals surface area contributed by atoms with Crippen LogP contribution in [-0.4, -0.2) is 5.91 Å². The van der Waals surface area contributed by atoms with Crippen molar-refractivity contribution in [1.29, 1.82) is 0 Å². The van der Waals surface area contributed by atoms with Crippen LogP contribution in [0.5, 0.6) is 0 Å². The summed E-state index contributed by atoms with van der Waals surface area (Å²) in [7, 11) is 0. The fourth-order valence-electron chi connectivity index (χ4n) is 2.95. The minimum absolute atomic E-state index is 0.0116. The molecule has 2 aliphatic carbocycles. The molecule has 0 spiro atoms. The Labute approximate surface area is 72.7 Å². The minimum atomic E-state index is 0.0116. The van der Waals surface area contributed by atoms with Crippen molar-refractivity contribution >= 4 is 5.91 Å². The van der Waals surface area contributed by atoms with Gasteiger partial charge in [-0.2, -0.15) is 0 Å². The highest BCUT2D eigenvalue weighted by atomic mass is 16.2. The largest absolute Gasteiger partial charge is 0.294 e. The van der Waals surface area contributed by atoms with Gasteiger partial charge < -0.3 is 0 Å². The van der Waals surface area contributed by atoms with Crippen molar-refractivity contribution in [1.82, 2.24) is 5.43 Å². The van der Waals surface area contributed by atoms with Gasteiger partial charge in [0.25, 0.3) is 0 Å². The van der Waals surface area contributed by atoms with Gasteiger partial charge in [-0.3, -0.25) is 10.2 Å². The van der Waals surface area contributed by atoms with Gasteiger partial charge in [-0.25, -0.2) is 5.84 Å². The molecule has 2 fully saturated rings. The van der Waals surface area contributed by atoms with Crippen LogP contribution in [0.1, 0.15) is 38.5 Å². The number of rotatable bonds is 2. The summed E-state index contributed by atoms with van der Waals surface area (Å²) < 4.78 is 0. The van der Waals surface area contributed by atoms with Crippen molar-refractivity contribution in [2.45, 2.75) is 38.5 Å². The summed E-state index contributed by atoms with van der Waals surface area (Å²) in [5, 5.41) is 0. The summed E-state index contributed by atoms with van der Waals surface area (Å²) in [6.07, 6.45) is 7.06. The van der Waals surface area contributed by atoms with Crippen LogP contribution in [0, 0.1) is 11.3 Å². The molecule has 12 heavy (non-hydrogen) atoms. The quantitative estimate of drug-likeness (QED) is 0.366. The highest BCUT2D eigenvalue weighted by Crippen LogP contribution is 2.55. The number of hydrogen-bond acceptors (Lipinski definition) is 2. The first kappa shape index (κ1) is 8.05. The lowest BCUT2D eigenvalue weighted by atomic mass is 9.81. The highest BCUT2D eigenvalue weighted by molar-refractivity contribution is 5.76. The van der Waals surface area contributed by atoms with E-state index in [-0.39, 0.29) is 5.91 Å². The Balaban J connectivity index is 1.98. The molecule has 0 atom stereocenters. The first-order valence-corrected chi connectivity index (χ1v) is 4.74. The van der Waals surface area contributed by atoms with Crippen molar-refractivity contribution in [3.05, 3.63) is 0 Å². The van der Waals surface area contributed by atoms with E-state index >= 15 is 0 Å². The number of hydrogen-bond donors (Lipinski definition) is 2. The van der Waals surface area contributed by atoms with Gasteiger partial charge >= 0.3 is 0 Å². The number of carbonyl (C=O) groups is 1. The zero-order chi connectivity index (χ0) is 8.60. The lowest BCUT2D eigenvalue weighted by Gasteiger charge is -2.24. The summed E-state index contributed by atoms with van der Waals surface area (Å²) in [6, 6.07) is 0. The molecule has 0 unspecified atom stereocenters. The molecule has 0 aromatic rings. The molecule has 2 aliphatic rings. The second-order valence-electron chi connectivity index (χ2n) is 4.39. The predicted octanol–water partition coefficient (Wildman–Crippen LogP) is 0.947. The van der Waals surface area contributed by atoms with Gasteiger partial charge in [0.1, 0.15) is 0 Å². The Hall–Kier alpha value is -0.570. The molecule has 0 aliphatic heterocycles. The molecular formula is C9H16N2O. The van der Waals surface area contributed by atoms with Crippen molar-refractivity contribution in [3.63, 3.8) is 0 Å². The Morgan fingerprint density at radius 3 is 2.58 bits per heavy atom. The molecule has 0 heterocycles. The van der Waals surface area contributed by atoms with E-state index in [0.29, 0.717) is 11.8 Å². The first-order valence-electron chi connectivity index (χ1n) is 4.74. The SMILES string of the molecule is NNC(=O)CC12CCC(CC1)C2. The van der Waals surface area contributed by atoms with E-state index in [1.165, 1.54) is 32.1 Å². The summed E-state index contributed by atoms with van der Waals surface area (Å²) in [6.45, 7) is 0. The lowest BCUT2D eigenvalue weighted by molar-refractivity contribution is -0.123. The first-order chi connectivity index (χ1) is 5.74. The summed E-state index contributed by atoms with van der Waals surface area (Å²) in [5.74, 6) is 6.00. The standard InChI is InChI=1S/C9H16N2O/c10-11-8(12)6-9-3-1-7(5-9)2-4-9/h7H,1-6,10H2,(H,11,12). The average Bonchev–Trinajstić information content (AvgIpc) is 2.63. The van der Waals surface area contributed by atoms with Gasteiger partial charge in [0.05, 0.1) is 0 Å². The molecule has 0 saturated heterocycles. The van der Waals surface area contributed by atoms with Gasteiger partial charge in [0.15, 0.2) is 0 Å². The van der Waals surface area contributed by atoms with Gasteiger partial charge in [-0.05, 0) is 43.4 Å². The number of fused-ring (bicyclic) bond motifs is 2. The minimum Gasteiger partial charge on any atom is -0.294 e. The maximum Gasteiger partial charge on any atom is 0.234 e. The third-order valence-electron chi connectivity index (χ3n) is 3.58. The molecule has 2 rings (SSSR count). The number of hydrazine groups is 1. The zero-order valence-corrected chi connectivity index (χ0v) is 7.31. The number of carbonyl (C=O) groups excluding carboxylic acids is 1. The fourth-order valence-corrected chi connectivity index (χ4v) is 2.95. The summed E-state index contributed by atoms with van der Waals surface area (Å²) >= 11 is 0. The molecule has 3 nitrogen and oxygen atoms in total. The Kier molecular flexibility index (Phi) is 1.83. The van der Waals surface area contributed by atoms with E-state index in [0.717, 1.165) is 5.92 Å². The van der Waals surface area contributed by atoms with Crippen LogP contribution in [-0.2, 0) is 4.79 Å². The maximum absolute atomic E-state index is 11.1. The van der Waals surface area contributed by atoms with Crippen LogP contribution in [0.25, 0.3) is 0 Å². The molecule has 1 amide bonds. The molecule has 0 aromatic carbocycles. The molecular weight excluding hydrogens is 152 g/mol. The lowest BCUT2D eigenvalue weighted by Crippen LogP contribution is -2.34.